The number of benzene rings is 1. The van der Waals surface area contributed by atoms with E-state index in [1.807, 2.05) is 0 Å². The van der Waals surface area contributed by atoms with E-state index in [0.717, 1.165) is 18.5 Å². The Bertz CT molecular complexity index is 535. The van der Waals surface area contributed by atoms with Crippen LogP contribution in [0.25, 0.3) is 11.4 Å². The number of aromatic nitrogens is 2. The first-order chi connectivity index (χ1) is 8.74. The Morgan fingerprint density at radius 1 is 1.33 bits per heavy atom. The number of aromatic hydroxyl groups is 1. The number of nitrogens with one attached hydrogen (secondary N) is 1. The average molecular weight is 245 g/mol. The van der Waals surface area contributed by atoms with E-state index in [4.69, 9.17) is 4.52 Å². The molecule has 0 amide bonds. The van der Waals surface area contributed by atoms with Crippen LogP contribution in [0.2, 0.25) is 0 Å². The van der Waals surface area contributed by atoms with E-state index in [0.29, 0.717) is 23.7 Å². The molecule has 1 aromatic carbocycles. The lowest BCUT2D eigenvalue weighted by Crippen LogP contribution is -2.21. The van der Waals surface area contributed by atoms with Gasteiger partial charge in [0, 0.05) is 11.6 Å². The minimum absolute atomic E-state index is 0.232. The highest BCUT2D eigenvalue weighted by molar-refractivity contribution is 5.55. The summed E-state index contributed by atoms with van der Waals surface area (Å²) in [5.41, 5.74) is 0.849. The van der Waals surface area contributed by atoms with Gasteiger partial charge in [0.25, 0.3) is 0 Å². The van der Waals surface area contributed by atoms with Gasteiger partial charge >= 0.3 is 0 Å². The number of hydrogen-bond donors (Lipinski definition) is 2. The molecule has 0 bridgehead atoms. The van der Waals surface area contributed by atoms with E-state index in [9.17, 15) is 5.11 Å². The van der Waals surface area contributed by atoms with Crippen LogP contribution in [0.5, 0.6) is 5.75 Å². The molecule has 1 aliphatic rings. The molecule has 3 rings (SSSR count). The van der Waals surface area contributed by atoms with E-state index >= 15 is 0 Å². The van der Waals surface area contributed by atoms with Gasteiger partial charge in [-0.3, -0.25) is 0 Å². The van der Waals surface area contributed by atoms with E-state index in [1.165, 1.54) is 0 Å². The summed E-state index contributed by atoms with van der Waals surface area (Å²) in [6, 6.07) is 7.16. The Morgan fingerprint density at radius 2 is 2.11 bits per heavy atom. The van der Waals surface area contributed by atoms with Gasteiger partial charge in [-0.1, -0.05) is 5.16 Å². The summed E-state index contributed by atoms with van der Waals surface area (Å²) in [5, 5.41) is 16.6. The summed E-state index contributed by atoms with van der Waals surface area (Å²) in [6.07, 6.45) is 1.03. The first-order valence-corrected chi connectivity index (χ1v) is 6.10. The summed E-state index contributed by atoms with van der Waals surface area (Å²) in [5.74, 6) is 1.79. The van der Waals surface area contributed by atoms with Crippen molar-refractivity contribution in [2.24, 2.45) is 0 Å². The zero-order chi connectivity index (χ0) is 12.5. The van der Waals surface area contributed by atoms with Crippen LogP contribution < -0.4 is 5.32 Å². The number of rotatable bonds is 2. The minimum atomic E-state index is 0.232. The van der Waals surface area contributed by atoms with Gasteiger partial charge in [-0.2, -0.15) is 4.98 Å². The van der Waals surface area contributed by atoms with Crippen molar-refractivity contribution in [2.75, 3.05) is 6.54 Å². The molecule has 0 aliphatic carbocycles. The largest absolute Gasteiger partial charge is 0.508 e. The first-order valence-electron chi connectivity index (χ1n) is 6.10. The van der Waals surface area contributed by atoms with Crippen LogP contribution in [-0.2, 0) is 0 Å². The molecule has 2 heterocycles. The van der Waals surface area contributed by atoms with Gasteiger partial charge < -0.3 is 14.9 Å². The van der Waals surface area contributed by atoms with Crippen LogP contribution in [0.1, 0.15) is 25.2 Å². The zero-order valence-electron chi connectivity index (χ0n) is 10.1. The number of phenols is 1. The van der Waals surface area contributed by atoms with Crippen molar-refractivity contribution in [3.05, 3.63) is 30.2 Å². The minimum Gasteiger partial charge on any atom is -0.508 e. The highest BCUT2D eigenvalue weighted by Crippen LogP contribution is 2.28. The topological polar surface area (TPSA) is 71.2 Å². The van der Waals surface area contributed by atoms with Crippen LogP contribution in [0.3, 0.4) is 0 Å². The normalized spacial score (nSPS) is 23.4. The van der Waals surface area contributed by atoms with Crippen molar-refractivity contribution in [3.63, 3.8) is 0 Å². The number of phenolic OH excluding ortho intramolecular Hbond substituents is 1. The predicted molar refractivity (Wildman–Crippen MR) is 66.2 cm³/mol. The van der Waals surface area contributed by atoms with Gasteiger partial charge in [0.15, 0.2) is 0 Å². The summed E-state index contributed by atoms with van der Waals surface area (Å²) in [4.78, 5) is 4.44. The van der Waals surface area contributed by atoms with Crippen molar-refractivity contribution in [3.8, 4) is 17.1 Å². The Morgan fingerprint density at radius 3 is 2.78 bits per heavy atom. The summed E-state index contributed by atoms with van der Waals surface area (Å²) in [6.45, 7) is 3.12. The summed E-state index contributed by atoms with van der Waals surface area (Å²) in [7, 11) is 0. The highest BCUT2D eigenvalue weighted by atomic mass is 16.5. The van der Waals surface area contributed by atoms with Crippen molar-refractivity contribution >= 4 is 0 Å². The smallest absolute Gasteiger partial charge is 0.231 e. The van der Waals surface area contributed by atoms with E-state index in [2.05, 4.69) is 22.4 Å². The standard InChI is InChI=1S/C13H15N3O2/c1-8-11(6-7-14-8)13-15-12(16-18-13)9-2-4-10(17)5-3-9/h2-5,8,11,14,17H,6-7H2,1H3. The molecule has 18 heavy (non-hydrogen) atoms. The Balaban J connectivity index is 1.87. The predicted octanol–water partition coefficient (Wildman–Crippen LogP) is 1.91. The van der Waals surface area contributed by atoms with Crippen LogP contribution in [-0.4, -0.2) is 27.8 Å². The fourth-order valence-electron chi connectivity index (χ4n) is 2.31. The molecule has 1 fully saturated rings. The molecule has 2 N–H and O–H groups in total. The Kier molecular flexibility index (Phi) is 2.76. The zero-order valence-corrected chi connectivity index (χ0v) is 10.1. The van der Waals surface area contributed by atoms with Gasteiger partial charge in [0.2, 0.25) is 11.7 Å². The van der Waals surface area contributed by atoms with E-state index in [-0.39, 0.29) is 5.75 Å². The highest BCUT2D eigenvalue weighted by Gasteiger charge is 2.29. The summed E-state index contributed by atoms with van der Waals surface area (Å²) >= 11 is 0. The first kappa shape index (κ1) is 11.2. The maximum Gasteiger partial charge on any atom is 0.231 e. The molecule has 2 aromatic rings. The quantitative estimate of drug-likeness (QED) is 0.845. The molecular weight excluding hydrogens is 230 g/mol. The molecule has 94 valence electrons. The van der Waals surface area contributed by atoms with Crippen molar-refractivity contribution in [1.29, 1.82) is 0 Å². The lowest BCUT2D eigenvalue weighted by atomic mass is 10.0. The maximum absolute atomic E-state index is 9.24. The van der Waals surface area contributed by atoms with Crippen LogP contribution in [0.15, 0.2) is 28.8 Å². The molecule has 1 aliphatic heterocycles. The molecule has 2 unspecified atom stereocenters. The third kappa shape index (κ3) is 1.97. The summed E-state index contributed by atoms with van der Waals surface area (Å²) < 4.78 is 5.34. The monoisotopic (exact) mass is 245 g/mol. The molecular formula is C13H15N3O2. The van der Waals surface area contributed by atoms with Crippen LogP contribution in [0, 0.1) is 0 Å². The average Bonchev–Trinajstić information content (AvgIpc) is 2.98. The molecule has 1 aromatic heterocycles. The molecule has 5 heteroatoms. The van der Waals surface area contributed by atoms with Crippen molar-refractivity contribution < 1.29 is 9.63 Å². The van der Waals surface area contributed by atoms with Gasteiger partial charge in [-0.25, -0.2) is 0 Å². The van der Waals surface area contributed by atoms with Gasteiger partial charge in [0.1, 0.15) is 5.75 Å². The van der Waals surface area contributed by atoms with Crippen LogP contribution in [0.4, 0.5) is 0 Å². The third-order valence-corrected chi connectivity index (χ3v) is 3.41. The lowest BCUT2D eigenvalue weighted by Gasteiger charge is -2.08. The van der Waals surface area contributed by atoms with Gasteiger partial charge in [-0.15, -0.1) is 0 Å². The molecule has 5 nitrogen and oxygen atoms in total. The maximum atomic E-state index is 9.24. The SMILES string of the molecule is CC1NCCC1c1nc(-c2ccc(O)cc2)no1. The Labute approximate surface area is 105 Å². The van der Waals surface area contributed by atoms with E-state index in [1.54, 1.807) is 24.3 Å². The van der Waals surface area contributed by atoms with Crippen LogP contribution >= 0.6 is 0 Å². The fourth-order valence-corrected chi connectivity index (χ4v) is 2.31. The van der Waals surface area contributed by atoms with E-state index < -0.39 is 0 Å². The number of nitrogens with zero attached hydrogens (tertiary/aromatic N) is 2. The second-order valence-electron chi connectivity index (χ2n) is 4.64. The molecule has 0 saturated carbocycles. The lowest BCUT2D eigenvalue weighted by molar-refractivity contribution is 0.345. The fraction of sp³-hybridized carbons (Fsp3) is 0.385. The van der Waals surface area contributed by atoms with Gasteiger partial charge in [-0.05, 0) is 44.2 Å². The third-order valence-electron chi connectivity index (χ3n) is 3.41. The molecule has 0 radical (unpaired) electrons. The molecule has 2 atom stereocenters. The van der Waals surface area contributed by atoms with Gasteiger partial charge in [0.05, 0.1) is 5.92 Å². The van der Waals surface area contributed by atoms with Crippen molar-refractivity contribution in [1.82, 2.24) is 15.5 Å². The second-order valence-corrected chi connectivity index (χ2v) is 4.64. The Hall–Kier alpha value is -1.88. The molecule has 0 spiro atoms. The second kappa shape index (κ2) is 4.42. The van der Waals surface area contributed by atoms with Crippen molar-refractivity contribution in [2.45, 2.75) is 25.3 Å². The number of hydrogen-bond acceptors (Lipinski definition) is 5. The molecule has 1 saturated heterocycles.